The third-order valence-corrected chi connectivity index (χ3v) is 4.84. The van der Waals surface area contributed by atoms with E-state index in [9.17, 15) is 18.0 Å². The van der Waals surface area contributed by atoms with Crippen molar-refractivity contribution in [3.8, 4) is 17.0 Å². The largest absolute Gasteiger partial charge is 0.497 e. The SMILES string of the molecule is COC(=O)c1c(CBr)c(-c2cccc(C(F)(F)F)c2)nc2cc(OC)ccc12. The molecule has 0 N–H and O–H groups in total. The number of benzene rings is 2. The molecule has 0 atom stereocenters. The van der Waals surface area contributed by atoms with E-state index in [0.717, 1.165) is 12.1 Å². The van der Waals surface area contributed by atoms with Gasteiger partial charge in [-0.3, -0.25) is 0 Å². The Morgan fingerprint density at radius 2 is 1.89 bits per heavy atom. The molecule has 2 aromatic carbocycles. The number of halogens is 4. The number of carbonyl (C=O) groups is 1. The van der Waals surface area contributed by atoms with Crippen molar-refractivity contribution in [3.63, 3.8) is 0 Å². The van der Waals surface area contributed by atoms with Crippen molar-refractivity contribution in [2.75, 3.05) is 14.2 Å². The first kappa shape index (κ1) is 20.1. The van der Waals surface area contributed by atoms with Gasteiger partial charge in [-0.2, -0.15) is 13.2 Å². The van der Waals surface area contributed by atoms with Gasteiger partial charge in [0.15, 0.2) is 0 Å². The zero-order valence-corrected chi connectivity index (χ0v) is 16.5. The van der Waals surface area contributed by atoms with Crippen LogP contribution in [-0.2, 0) is 16.2 Å². The van der Waals surface area contributed by atoms with Crippen molar-refractivity contribution in [1.29, 1.82) is 0 Å². The van der Waals surface area contributed by atoms with Crippen molar-refractivity contribution in [3.05, 3.63) is 59.2 Å². The molecule has 3 aromatic rings. The second-order valence-electron chi connectivity index (χ2n) is 5.90. The summed E-state index contributed by atoms with van der Waals surface area (Å²) < 4.78 is 49.6. The van der Waals surface area contributed by atoms with Crippen LogP contribution in [0.3, 0.4) is 0 Å². The Kier molecular flexibility index (Phi) is 5.60. The van der Waals surface area contributed by atoms with Crippen LogP contribution in [0.5, 0.6) is 5.75 Å². The van der Waals surface area contributed by atoms with E-state index in [2.05, 4.69) is 20.9 Å². The molecular weight excluding hydrogens is 439 g/mol. The lowest BCUT2D eigenvalue weighted by Crippen LogP contribution is -2.10. The number of esters is 1. The Hall–Kier alpha value is -2.61. The number of rotatable bonds is 4. The molecular formula is C20H15BrF3NO3. The van der Waals surface area contributed by atoms with Crippen LogP contribution < -0.4 is 4.74 Å². The Morgan fingerprint density at radius 1 is 1.14 bits per heavy atom. The second kappa shape index (κ2) is 7.79. The van der Waals surface area contributed by atoms with Gasteiger partial charge in [0.1, 0.15) is 5.75 Å². The summed E-state index contributed by atoms with van der Waals surface area (Å²) in [5.41, 5.74) is 0.834. The van der Waals surface area contributed by atoms with Gasteiger partial charge in [-0.1, -0.05) is 28.1 Å². The summed E-state index contributed by atoms with van der Waals surface area (Å²) in [6.45, 7) is 0. The molecule has 0 amide bonds. The molecule has 0 radical (unpaired) electrons. The minimum absolute atomic E-state index is 0.206. The molecule has 3 rings (SSSR count). The minimum atomic E-state index is -4.49. The molecule has 0 aliphatic rings. The molecule has 0 aliphatic heterocycles. The maximum atomic E-state index is 13.2. The average Bonchev–Trinajstić information content (AvgIpc) is 2.70. The standard InChI is InChI=1S/C20H15BrF3NO3/c1-27-13-6-7-14-16(9-13)25-18(15(10-21)17(14)19(26)28-2)11-4-3-5-12(8-11)20(22,23)24/h3-9H,10H2,1-2H3. The summed E-state index contributed by atoms with van der Waals surface area (Å²) in [6.07, 6.45) is -4.49. The number of carbonyl (C=O) groups excluding carboxylic acids is 1. The molecule has 0 fully saturated rings. The average molecular weight is 454 g/mol. The number of hydrogen-bond donors (Lipinski definition) is 0. The van der Waals surface area contributed by atoms with E-state index in [0.29, 0.717) is 22.2 Å². The highest BCUT2D eigenvalue weighted by molar-refractivity contribution is 9.08. The summed E-state index contributed by atoms with van der Waals surface area (Å²) in [4.78, 5) is 17.0. The fourth-order valence-electron chi connectivity index (χ4n) is 2.96. The quantitative estimate of drug-likeness (QED) is 0.380. The minimum Gasteiger partial charge on any atom is -0.497 e. The van der Waals surface area contributed by atoms with E-state index < -0.39 is 17.7 Å². The molecule has 4 nitrogen and oxygen atoms in total. The fraction of sp³-hybridized carbons (Fsp3) is 0.200. The van der Waals surface area contributed by atoms with E-state index >= 15 is 0 Å². The molecule has 146 valence electrons. The van der Waals surface area contributed by atoms with Crippen LogP contribution in [0, 0.1) is 0 Å². The van der Waals surface area contributed by atoms with Crippen LogP contribution in [0.15, 0.2) is 42.5 Å². The highest BCUT2D eigenvalue weighted by Gasteiger charge is 2.31. The van der Waals surface area contributed by atoms with Crippen molar-refractivity contribution < 1.29 is 27.4 Å². The maximum absolute atomic E-state index is 13.2. The summed E-state index contributed by atoms with van der Waals surface area (Å²) in [6, 6.07) is 9.82. The third kappa shape index (κ3) is 3.69. The first-order chi connectivity index (χ1) is 13.3. The number of ether oxygens (including phenoxy) is 2. The first-order valence-electron chi connectivity index (χ1n) is 8.12. The summed E-state index contributed by atoms with van der Waals surface area (Å²) in [5.74, 6) is -0.0855. The molecule has 8 heteroatoms. The highest BCUT2D eigenvalue weighted by atomic mass is 79.9. The van der Waals surface area contributed by atoms with E-state index in [1.54, 1.807) is 18.2 Å². The molecule has 0 unspecified atom stereocenters. The smallest absolute Gasteiger partial charge is 0.416 e. The molecule has 0 spiro atoms. The van der Waals surface area contributed by atoms with Crippen molar-refractivity contribution in [2.24, 2.45) is 0 Å². The highest BCUT2D eigenvalue weighted by Crippen LogP contribution is 2.36. The molecule has 1 heterocycles. The summed E-state index contributed by atoms with van der Waals surface area (Å²) >= 11 is 3.33. The van der Waals surface area contributed by atoms with Crippen LogP contribution in [0.2, 0.25) is 0 Å². The summed E-state index contributed by atoms with van der Waals surface area (Å²) in [7, 11) is 2.74. The van der Waals surface area contributed by atoms with Gasteiger partial charge in [0, 0.05) is 27.9 Å². The number of nitrogens with zero attached hydrogens (tertiary/aromatic N) is 1. The third-order valence-electron chi connectivity index (χ3n) is 4.28. The Bertz CT molecular complexity index is 1050. The van der Waals surface area contributed by atoms with Gasteiger partial charge < -0.3 is 9.47 Å². The molecule has 0 aliphatic carbocycles. The van der Waals surface area contributed by atoms with Crippen LogP contribution >= 0.6 is 15.9 Å². The van der Waals surface area contributed by atoms with Gasteiger partial charge in [-0.05, 0) is 24.3 Å². The zero-order valence-electron chi connectivity index (χ0n) is 14.9. The van der Waals surface area contributed by atoms with Crippen molar-refractivity contribution >= 4 is 32.8 Å². The van der Waals surface area contributed by atoms with Crippen molar-refractivity contribution in [1.82, 2.24) is 4.98 Å². The topological polar surface area (TPSA) is 48.4 Å². The normalized spacial score (nSPS) is 11.5. The lowest BCUT2D eigenvalue weighted by Gasteiger charge is -2.16. The first-order valence-corrected chi connectivity index (χ1v) is 9.24. The number of fused-ring (bicyclic) bond motifs is 1. The number of methoxy groups -OCH3 is 2. The second-order valence-corrected chi connectivity index (χ2v) is 6.46. The molecule has 0 saturated carbocycles. The fourth-order valence-corrected chi connectivity index (χ4v) is 3.50. The predicted octanol–water partition coefficient (Wildman–Crippen LogP) is 5.61. The van der Waals surface area contributed by atoms with Crippen molar-refractivity contribution in [2.45, 2.75) is 11.5 Å². The van der Waals surface area contributed by atoms with E-state index in [1.165, 1.54) is 26.4 Å². The number of alkyl halides is 4. The summed E-state index contributed by atoms with van der Waals surface area (Å²) in [5, 5.41) is 0.732. The molecule has 28 heavy (non-hydrogen) atoms. The zero-order chi connectivity index (χ0) is 20.5. The lowest BCUT2D eigenvalue weighted by molar-refractivity contribution is -0.137. The van der Waals surface area contributed by atoms with Gasteiger partial charge >= 0.3 is 12.1 Å². The van der Waals surface area contributed by atoms with Gasteiger partial charge in [-0.25, -0.2) is 9.78 Å². The van der Waals surface area contributed by atoms with E-state index in [1.807, 2.05) is 0 Å². The number of hydrogen-bond acceptors (Lipinski definition) is 4. The van der Waals surface area contributed by atoms with Gasteiger partial charge in [0.2, 0.25) is 0 Å². The molecule has 1 aromatic heterocycles. The van der Waals surface area contributed by atoms with Crippen LogP contribution in [0.1, 0.15) is 21.5 Å². The number of pyridine rings is 1. The Labute approximate surface area is 167 Å². The Balaban J connectivity index is 2.37. The van der Waals surface area contributed by atoms with Gasteiger partial charge in [0.05, 0.1) is 36.6 Å². The van der Waals surface area contributed by atoms with Crippen LogP contribution in [0.25, 0.3) is 22.2 Å². The number of aromatic nitrogens is 1. The predicted molar refractivity (Wildman–Crippen MR) is 103 cm³/mol. The van der Waals surface area contributed by atoms with Crippen LogP contribution in [-0.4, -0.2) is 25.2 Å². The van der Waals surface area contributed by atoms with E-state index in [-0.39, 0.29) is 22.2 Å². The van der Waals surface area contributed by atoms with E-state index in [4.69, 9.17) is 9.47 Å². The lowest BCUT2D eigenvalue weighted by atomic mass is 9.96. The van der Waals surface area contributed by atoms with Gasteiger partial charge in [-0.15, -0.1) is 0 Å². The molecule has 0 saturated heterocycles. The maximum Gasteiger partial charge on any atom is 0.416 e. The molecule has 0 bridgehead atoms. The van der Waals surface area contributed by atoms with Gasteiger partial charge in [0.25, 0.3) is 0 Å². The Morgan fingerprint density at radius 3 is 2.50 bits per heavy atom. The monoisotopic (exact) mass is 453 g/mol. The van der Waals surface area contributed by atoms with Crippen LogP contribution in [0.4, 0.5) is 13.2 Å².